The van der Waals surface area contributed by atoms with E-state index in [9.17, 15) is 31.5 Å². The molecule has 0 fully saturated rings. The van der Waals surface area contributed by atoms with Gasteiger partial charge in [-0.3, -0.25) is 24.8 Å². The van der Waals surface area contributed by atoms with Gasteiger partial charge in [-0.2, -0.15) is 0 Å². The summed E-state index contributed by atoms with van der Waals surface area (Å²) < 4.78 is 69.6. The van der Waals surface area contributed by atoms with Gasteiger partial charge in [0, 0.05) is 19.5 Å². The molecule has 3 rings (SSSR count). The van der Waals surface area contributed by atoms with E-state index in [0.717, 1.165) is 6.42 Å². The van der Waals surface area contributed by atoms with Gasteiger partial charge in [0.25, 0.3) is 0 Å². The number of benzene rings is 2. The average Bonchev–Trinajstić information content (AvgIpc) is 3.00. The third-order valence-corrected chi connectivity index (χ3v) is 4.47. The first-order valence-corrected chi connectivity index (χ1v) is 9.02. The highest BCUT2D eigenvalue weighted by Crippen LogP contribution is 2.26. The van der Waals surface area contributed by atoms with E-state index in [1.165, 1.54) is 4.57 Å². The smallest absolute Gasteiger partial charge is 0.293 e. The molecule has 6 nitrogen and oxygen atoms in total. The molecule has 0 unspecified atom stereocenters. The highest BCUT2D eigenvalue weighted by molar-refractivity contribution is 5.79. The zero-order valence-corrected chi connectivity index (χ0v) is 15.7. The fraction of sp³-hybridized carbons (Fsp3) is 0.263. The molecular formula is C19H17F5N4O2. The number of fused-ring (bicyclic) bond motifs is 1. The molecule has 0 atom stereocenters. The van der Waals surface area contributed by atoms with Crippen LogP contribution < -0.4 is 16.5 Å². The number of aromatic nitrogens is 2. The van der Waals surface area contributed by atoms with E-state index >= 15 is 0 Å². The first-order chi connectivity index (χ1) is 14.3. The van der Waals surface area contributed by atoms with Crippen LogP contribution in [0.25, 0.3) is 11.0 Å². The predicted molar refractivity (Wildman–Crippen MR) is 99.1 cm³/mol. The molecular weight excluding hydrogens is 411 g/mol. The number of amides is 1. The molecule has 3 aromatic rings. The van der Waals surface area contributed by atoms with Crippen LogP contribution in [0.3, 0.4) is 0 Å². The maximum absolute atomic E-state index is 13.6. The molecule has 2 aromatic carbocycles. The Labute approximate surface area is 166 Å². The van der Waals surface area contributed by atoms with Crippen molar-refractivity contribution in [2.24, 2.45) is 0 Å². The van der Waals surface area contributed by atoms with Crippen LogP contribution in [0.4, 0.5) is 27.6 Å². The number of aryl methyl sites for hydroxylation is 2. The Morgan fingerprint density at radius 3 is 1.90 bits per heavy atom. The lowest BCUT2D eigenvalue weighted by Gasteiger charge is -2.12. The van der Waals surface area contributed by atoms with Crippen molar-refractivity contribution in [3.8, 4) is 0 Å². The lowest BCUT2D eigenvalue weighted by molar-refractivity contribution is -0.120. The second kappa shape index (κ2) is 8.56. The summed E-state index contributed by atoms with van der Waals surface area (Å²) in [5, 5.41) is 0. The minimum Gasteiger partial charge on any atom is -0.293 e. The summed E-state index contributed by atoms with van der Waals surface area (Å²) in [4.78, 5) is 24.7. The number of imidazole rings is 1. The molecule has 1 heterocycles. The van der Waals surface area contributed by atoms with Gasteiger partial charge in [-0.25, -0.2) is 26.7 Å². The fourth-order valence-corrected chi connectivity index (χ4v) is 3.05. The number of rotatable bonds is 7. The molecule has 1 aromatic heterocycles. The first-order valence-electron chi connectivity index (χ1n) is 9.02. The first kappa shape index (κ1) is 21.3. The molecule has 160 valence electrons. The third-order valence-electron chi connectivity index (χ3n) is 4.47. The molecule has 1 amide bonds. The quantitative estimate of drug-likeness (QED) is 0.262. The topological polar surface area (TPSA) is 68.1 Å². The molecule has 0 radical (unpaired) electrons. The lowest BCUT2D eigenvalue weighted by Crippen LogP contribution is -2.33. The predicted octanol–water partition coefficient (Wildman–Crippen LogP) is 3.44. The highest BCUT2D eigenvalue weighted by atomic mass is 19.2. The maximum Gasteiger partial charge on any atom is 0.329 e. The average molecular weight is 428 g/mol. The van der Waals surface area contributed by atoms with Crippen LogP contribution in [0, 0.1) is 29.1 Å². The van der Waals surface area contributed by atoms with Crippen LogP contribution in [-0.2, 0) is 17.9 Å². The van der Waals surface area contributed by atoms with Gasteiger partial charge < -0.3 is 0 Å². The zero-order chi connectivity index (χ0) is 22.0. The maximum atomic E-state index is 13.6. The summed E-state index contributed by atoms with van der Waals surface area (Å²) in [6.07, 6.45) is 0.433. The number of anilines is 1. The molecule has 0 aliphatic carbocycles. The van der Waals surface area contributed by atoms with Gasteiger partial charge in [-0.15, -0.1) is 0 Å². The van der Waals surface area contributed by atoms with Crippen LogP contribution in [-0.4, -0.2) is 15.0 Å². The van der Waals surface area contributed by atoms with Gasteiger partial charge in [-0.1, -0.05) is 19.1 Å². The van der Waals surface area contributed by atoms with E-state index < -0.39 is 40.7 Å². The van der Waals surface area contributed by atoms with Crippen LogP contribution >= 0.6 is 0 Å². The van der Waals surface area contributed by atoms with Crippen molar-refractivity contribution >= 4 is 22.6 Å². The number of nitrogens with one attached hydrogen (secondary N) is 2. The van der Waals surface area contributed by atoms with E-state index in [0.29, 0.717) is 17.6 Å². The Morgan fingerprint density at radius 1 is 0.867 bits per heavy atom. The van der Waals surface area contributed by atoms with E-state index in [4.69, 9.17) is 0 Å². The van der Waals surface area contributed by atoms with E-state index in [1.807, 2.05) is 12.3 Å². The van der Waals surface area contributed by atoms with Crippen molar-refractivity contribution in [1.82, 2.24) is 14.6 Å². The second-order valence-corrected chi connectivity index (χ2v) is 6.44. The van der Waals surface area contributed by atoms with E-state index in [2.05, 4.69) is 0 Å². The lowest BCUT2D eigenvalue weighted by atomic mass is 10.2. The van der Waals surface area contributed by atoms with Gasteiger partial charge in [0.15, 0.2) is 23.3 Å². The molecule has 30 heavy (non-hydrogen) atoms. The normalized spacial score (nSPS) is 11.1. The van der Waals surface area contributed by atoms with Crippen LogP contribution in [0.5, 0.6) is 0 Å². The Kier molecular flexibility index (Phi) is 6.09. The molecule has 0 spiro atoms. The third kappa shape index (κ3) is 3.74. The Balaban J connectivity index is 1.74. The van der Waals surface area contributed by atoms with Crippen molar-refractivity contribution in [2.45, 2.75) is 32.9 Å². The number of para-hydroxylation sites is 2. The van der Waals surface area contributed by atoms with Gasteiger partial charge in [-0.05, 0) is 18.6 Å². The number of hydrogen-bond acceptors (Lipinski definition) is 3. The van der Waals surface area contributed by atoms with Gasteiger partial charge >= 0.3 is 5.69 Å². The van der Waals surface area contributed by atoms with E-state index in [1.54, 1.807) is 34.3 Å². The summed E-state index contributed by atoms with van der Waals surface area (Å²) in [6, 6.07) is 7.00. The van der Waals surface area contributed by atoms with Crippen LogP contribution in [0.15, 0.2) is 29.1 Å². The Bertz CT molecular complexity index is 1140. The summed E-state index contributed by atoms with van der Waals surface area (Å²) in [7, 11) is 0. The number of carbonyl (C=O) groups excluding carboxylic acids is 1. The van der Waals surface area contributed by atoms with E-state index in [-0.39, 0.29) is 18.7 Å². The minimum atomic E-state index is -2.30. The Morgan fingerprint density at radius 2 is 1.37 bits per heavy atom. The summed E-state index contributed by atoms with van der Waals surface area (Å²) in [6.45, 7) is 2.35. The largest absolute Gasteiger partial charge is 0.329 e. The fourth-order valence-electron chi connectivity index (χ4n) is 3.05. The number of hydrazine groups is 1. The molecule has 0 saturated carbocycles. The van der Waals surface area contributed by atoms with Crippen molar-refractivity contribution in [3.05, 3.63) is 63.8 Å². The van der Waals surface area contributed by atoms with Crippen molar-refractivity contribution in [2.75, 3.05) is 5.43 Å². The number of carbonyl (C=O) groups is 1. The standard InChI is InChI=1S/C19H17F5N4O2/c1-2-8-27-10-5-3-4-6-11(10)28(19(27)30)9-7-12(29)25-26-18-16(23)14(21)13(20)15(22)17(18)24/h3-6,26H,2,7-9H2,1H3,(H,25,29). The summed E-state index contributed by atoms with van der Waals surface area (Å²) in [5.74, 6) is -11.6. The van der Waals surface area contributed by atoms with Crippen LogP contribution in [0.2, 0.25) is 0 Å². The van der Waals surface area contributed by atoms with Gasteiger partial charge in [0.05, 0.1) is 11.0 Å². The molecule has 0 aliphatic rings. The monoisotopic (exact) mass is 428 g/mol. The van der Waals surface area contributed by atoms with Crippen molar-refractivity contribution in [1.29, 1.82) is 0 Å². The van der Waals surface area contributed by atoms with Crippen molar-refractivity contribution in [3.63, 3.8) is 0 Å². The zero-order valence-electron chi connectivity index (χ0n) is 15.7. The highest BCUT2D eigenvalue weighted by Gasteiger charge is 2.26. The number of nitrogens with zero attached hydrogens (tertiary/aromatic N) is 2. The molecule has 0 aliphatic heterocycles. The molecule has 0 bridgehead atoms. The number of hydrogen-bond donors (Lipinski definition) is 2. The Hall–Kier alpha value is -3.37. The van der Waals surface area contributed by atoms with Gasteiger partial charge in [0.1, 0.15) is 5.69 Å². The number of halogens is 5. The molecule has 11 heteroatoms. The molecule has 0 saturated heterocycles. The second-order valence-electron chi connectivity index (χ2n) is 6.44. The van der Waals surface area contributed by atoms with Crippen molar-refractivity contribution < 1.29 is 26.7 Å². The SMILES string of the molecule is CCCn1c(=O)n(CCC(=O)NNc2c(F)c(F)c(F)c(F)c2F)c2ccccc21. The molecule has 2 N–H and O–H groups in total. The summed E-state index contributed by atoms with van der Waals surface area (Å²) >= 11 is 0. The van der Waals surface area contributed by atoms with Gasteiger partial charge in [0.2, 0.25) is 11.7 Å². The summed E-state index contributed by atoms with van der Waals surface area (Å²) in [5.41, 5.74) is 3.20. The van der Waals surface area contributed by atoms with Crippen LogP contribution in [0.1, 0.15) is 19.8 Å². The minimum absolute atomic E-state index is 0.0549.